The van der Waals surface area contributed by atoms with Gasteiger partial charge in [-0.2, -0.15) is 0 Å². The maximum absolute atomic E-state index is 12.0. The van der Waals surface area contributed by atoms with Crippen molar-refractivity contribution in [3.63, 3.8) is 0 Å². The van der Waals surface area contributed by atoms with Gasteiger partial charge in [-0.1, -0.05) is 70.4 Å². The number of aliphatic imine (C=N–C) groups is 1. The molecule has 1 amide bonds. The zero-order valence-electron chi connectivity index (χ0n) is 19.6. The number of carbonyl (C=O) groups is 2. The van der Waals surface area contributed by atoms with E-state index in [-0.39, 0.29) is 11.9 Å². The quantitative estimate of drug-likeness (QED) is 0.0896. The Bertz CT molecular complexity index is 517. The van der Waals surface area contributed by atoms with Gasteiger partial charge >= 0.3 is 5.97 Å². The van der Waals surface area contributed by atoms with Crippen molar-refractivity contribution in [1.82, 2.24) is 5.32 Å². The molecule has 6 N–H and O–H groups in total. The van der Waals surface area contributed by atoms with Crippen molar-refractivity contribution in [2.45, 2.75) is 116 Å². The van der Waals surface area contributed by atoms with Crippen molar-refractivity contribution in [3.05, 3.63) is 12.2 Å². The summed E-state index contributed by atoms with van der Waals surface area (Å²) in [6.07, 6.45) is 21.5. The average Bonchev–Trinajstić information content (AvgIpc) is 2.72. The molecule has 0 saturated heterocycles. The zero-order chi connectivity index (χ0) is 23.2. The van der Waals surface area contributed by atoms with Crippen molar-refractivity contribution in [2.24, 2.45) is 16.5 Å². The third-order valence-electron chi connectivity index (χ3n) is 5.24. The van der Waals surface area contributed by atoms with Crippen molar-refractivity contribution in [2.75, 3.05) is 6.54 Å². The molecule has 7 heteroatoms. The normalized spacial score (nSPS) is 12.0. The summed E-state index contributed by atoms with van der Waals surface area (Å²) in [5, 5.41) is 11.8. The summed E-state index contributed by atoms with van der Waals surface area (Å²) >= 11 is 0. The van der Waals surface area contributed by atoms with Crippen LogP contribution in [0.1, 0.15) is 110 Å². The Hall–Kier alpha value is -2.05. The van der Waals surface area contributed by atoms with Gasteiger partial charge in [0.1, 0.15) is 6.04 Å². The van der Waals surface area contributed by atoms with Gasteiger partial charge in [-0.05, 0) is 44.9 Å². The van der Waals surface area contributed by atoms with Crippen LogP contribution in [0.4, 0.5) is 0 Å². The van der Waals surface area contributed by atoms with E-state index >= 15 is 0 Å². The highest BCUT2D eigenvalue weighted by Gasteiger charge is 2.18. The van der Waals surface area contributed by atoms with Crippen LogP contribution in [0.25, 0.3) is 0 Å². The molecule has 0 radical (unpaired) electrons. The van der Waals surface area contributed by atoms with Crippen LogP contribution in [0.5, 0.6) is 0 Å². The second kappa shape index (κ2) is 21.2. The largest absolute Gasteiger partial charge is 0.480 e. The predicted molar refractivity (Wildman–Crippen MR) is 129 cm³/mol. The molecule has 0 heterocycles. The first-order valence-electron chi connectivity index (χ1n) is 12.2. The fourth-order valence-corrected chi connectivity index (χ4v) is 3.38. The number of carbonyl (C=O) groups excluding carboxylic acids is 1. The second-order valence-electron chi connectivity index (χ2n) is 8.24. The first kappa shape index (κ1) is 28.9. The Morgan fingerprint density at radius 2 is 1.42 bits per heavy atom. The van der Waals surface area contributed by atoms with Crippen LogP contribution in [0.15, 0.2) is 17.1 Å². The maximum Gasteiger partial charge on any atom is 0.326 e. The van der Waals surface area contributed by atoms with Crippen LogP contribution in [0.2, 0.25) is 0 Å². The van der Waals surface area contributed by atoms with Crippen LogP contribution in [0.3, 0.4) is 0 Å². The molecule has 180 valence electrons. The summed E-state index contributed by atoms with van der Waals surface area (Å²) in [5.41, 5.74) is 10.5. The molecule has 0 aromatic carbocycles. The number of allylic oxidation sites excluding steroid dienone is 2. The molecule has 0 aliphatic heterocycles. The summed E-state index contributed by atoms with van der Waals surface area (Å²) in [4.78, 5) is 27.1. The van der Waals surface area contributed by atoms with Crippen LogP contribution in [-0.4, -0.2) is 35.5 Å². The number of aliphatic carboxylic acids is 1. The SMILES string of the molecule is CCCCCCCCC=CCCCCCCCC(=O)N[C@H](CCCN=C(N)N)C(=O)O. The van der Waals surface area contributed by atoms with E-state index in [1.54, 1.807) is 0 Å². The minimum atomic E-state index is -1.03. The number of nitrogens with one attached hydrogen (secondary N) is 1. The monoisotopic (exact) mass is 438 g/mol. The van der Waals surface area contributed by atoms with E-state index in [0.29, 0.717) is 25.8 Å². The number of guanidine groups is 1. The van der Waals surface area contributed by atoms with Crippen LogP contribution < -0.4 is 16.8 Å². The number of rotatable bonds is 21. The molecule has 31 heavy (non-hydrogen) atoms. The first-order valence-corrected chi connectivity index (χ1v) is 12.2. The lowest BCUT2D eigenvalue weighted by Crippen LogP contribution is -2.40. The first-order chi connectivity index (χ1) is 15.0. The highest BCUT2D eigenvalue weighted by atomic mass is 16.4. The minimum Gasteiger partial charge on any atom is -0.480 e. The third-order valence-corrected chi connectivity index (χ3v) is 5.24. The number of carboxylic acid groups (broad SMARTS) is 1. The molecule has 7 nitrogen and oxygen atoms in total. The second-order valence-corrected chi connectivity index (χ2v) is 8.24. The lowest BCUT2D eigenvalue weighted by molar-refractivity contribution is -0.142. The molecule has 0 fully saturated rings. The molecule has 0 aromatic rings. The Kier molecular flexibility index (Phi) is 19.8. The third kappa shape index (κ3) is 21.0. The Morgan fingerprint density at radius 3 is 1.97 bits per heavy atom. The van der Waals surface area contributed by atoms with Gasteiger partial charge < -0.3 is 21.9 Å². The molecular formula is C24H46N4O3. The molecule has 0 spiro atoms. The van der Waals surface area contributed by atoms with E-state index in [1.165, 1.54) is 57.8 Å². The van der Waals surface area contributed by atoms with E-state index < -0.39 is 12.0 Å². The highest BCUT2D eigenvalue weighted by molar-refractivity contribution is 5.83. The summed E-state index contributed by atoms with van der Waals surface area (Å²) in [5.74, 6) is -1.24. The Labute approximate surface area is 189 Å². The number of unbranched alkanes of at least 4 members (excludes halogenated alkanes) is 11. The van der Waals surface area contributed by atoms with Crippen LogP contribution in [0, 0.1) is 0 Å². The average molecular weight is 439 g/mol. The summed E-state index contributed by atoms with van der Waals surface area (Å²) < 4.78 is 0. The fraction of sp³-hybridized carbons (Fsp3) is 0.792. The predicted octanol–water partition coefficient (Wildman–Crippen LogP) is 4.65. The van der Waals surface area contributed by atoms with Crippen LogP contribution >= 0.6 is 0 Å². The van der Waals surface area contributed by atoms with E-state index in [2.05, 4.69) is 29.4 Å². The molecule has 0 saturated carbocycles. The van der Waals surface area contributed by atoms with E-state index in [1.807, 2.05) is 0 Å². The molecule has 0 aromatic heterocycles. The van der Waals surface area contributed by atoms with Gasteiger partial charge in [-0.15, -0.1) is 0 Å². The molecule has 0 rings (SSSR count). The molecular weight excluding hydrogens is 392 g/mol. The Morgan fingerprint density at radius 1 is 0.871 bits per heavy atom. The number of hydrogen-bond acceptors (Lipinski definition) is 3. The smallest absolute Gasteiger partial charge is 0.326 e. The van der Waals surface area contributed by atoms with Gasteiger partial charge in [0.25, 0.3) is 0 Å². The lowest BCUT2D eigenvalue weighted by Gasteiger charge is -2.14. The van der Waals surface area contributed by atoms with Gasteiger partial charge in [-0.25, -0.2) is 4.79 Å². The number of amides is 1. The summed E-state index contributed by atoms with van der Waals surface area (Å²) in [6.45, 7) is 2.61. The molecule has 0 bridgehead atoms. The maximum atomic E-state index is 12.0. The summed E-state index contributed by atoms with van der Waals surface area (Å²) in [7, 11) is 0. The van der Waals surface area contributed by atoms with Gasteiger partial charge in [0.05, 0.1) is 0 Å². The van der Waals surface area contributed by atoms with E-state index in [0.717, 1.165) is 25.7 Å². The van der Waals surface area contributed by atoms with Gasteiger partial charge in [0, 0.05) is 13.0 Å². The van der Waals surface area contributed by atoms with Crippen molar-refractivity contribution < 1.29 is 14.7 Å². The van der Waals surface area contributed by atoms with Gasteiger partial charge in [0.15, 0.2) is 5.96 Å². The molecule has 0 unspecified atom stereocenters. The number of carboxylic acids is 1. The van der Waals surface area contributed by atoms with E-state index in [4.69, 9.17) is 11.5 Å². The van der Waals surface area contributed by atoms with Crippen molar-refractivity contribution in [3.8, 4) is 0 Å². The molecule has 0 aliphatic rings. The minimum absolute atomic E-state index is 0.0138. The highest BCUT2D eigenvalue weighted by Crippen LogP contribution is 2.10. The zero-order valence-corrected chi connectivity index (χ0v) is 19.6. The number of nitrogens with two attached hydrogens (primary N) is 2. The van der Waals surface area contributed by atoms with Gasteiger partial charge in [0.2, 0.25) is 5.91 Å². The van der Waals surface area contributed by atoms with Gasteiger partial charge in [-0.3, -0.25) is 9.79 Å². The lowest BCUT2D eigenvalue weighted by atomic mass is 10.1. The van der Waals surface area contributed by atoms with Crippen LogP contribution in [-0.2, 0) is 9.59 Å². The van der Waals surface area contributed by atoms with Crippen molar-refractivity contribution in [1.29, 1.82) is 0 Å². The fourth-order valence-electron chi connectivity index (χ4n) is 3.38. The van der Waals surface area contributed by atoms with Crippen molar-refractivity contribution >= 4 is 17.8 Å². The summed E-state index contributed by atoms with van der Waals surface area (Å²) in [6, 6.07) is -0.884. The standard InChI is InChI=1S/C24H46N4O3/c1-2-3-4-5-6-7-8-9-10-11-12-13-14-15-16-19-22(29)28-21(23(30)31)18-17-20-27-24(25)26/h9-10,21H,2-8,11-20H2,1H3,(H,28,29)(H,30,31)(H4,25,26,27)/t21-/m1/s1. The molecule has 0 aliphatic carbocycles. The number of nitrogens with zero attached hydrogens (tertiary/aromatic N) is 1. The topological polar surface area (TPSA) is 131 Å². The van der Waals surface area contributed by atoms with E-state index in [9.17, 15) is 14.7 Å². The molecule has 1 atom stereocenters. The Balaban J connectivity index is 3.61. The number of hydrogen-bond donors (Lipinski definition) is 4.